The van der Waals surface area contributed by atoms with Gasteiger partial charge in [0.1, 0.15) is 18.1 Å². The summed E-state index contributed by atoms with van der Waals surface area (Å²) in [5.41, 5.74) is 16.5. The minimum atomic E-state index is -1.47. The number of carboxylic acids is 2. The molecule has 0 aromatic carbocycles. The summed E-state index contributed by atoms with van der Waals surface area (Å²) in [5.74, 6) is -4.96. The van der Waals surface area contributed by atoms with Crippen LogP contribution in [0.15, 0.2) is 4.99 Å². The summed E-state index contributed by atoms with van der Waals surface area (Å²) >= 11 is 0. The fourth-order valence-electron chi connectivity index (χ4n) is 3.24. The average molecular weight is 516 g/mol. The Morgan fingerprint density at radius 1 is 0.833 bits per heavy atom. The van der Waals surface area contributed by atoms with Crippen LogP contribution in [-0.2, 0) is 24.0 Å². The molecule has 0 aromatic heterocycles. The van der Waals surface area contributed by atoms with Crippen molar-refractivity contribution in [1.82, 2.24) is 16.0 Å². The van der Waals surface area contributed by atoms with Crippen LogP contribution in [-0.4, -0.2) is 76.5 Å². The molecular formula is C22H41N7O7. The molecule has 206 valence electrons. The standard InChI is InChI=1S/C22H41N7O7/c1-11(2)10-13(23)18(32)29-17(12(3)4)20(34)27-14(6-5-9-26-22(24)25)19(33)28-15(21(35)36)7-8-16(30)31/h11-15,17H,5-10,23H2,1-4H3,(H,27,34)(H,28,33)(H,29,32)(H,30,31)(H,35,36)(H4,24,25,26). The second-order valence-corrected chi connectivity index (χ2v) is 9.31. The largest absolute Gasteiger partial charge is 0.481 e. The molecule has 0 radical (unpaired) electrons. The third-order valence-corrected chi connectivity index (χ3v) is 5.15. The van der Waals surface area contributed by atoms with Crippen molar-refractivity contribution in [2.75, 3.05) is 6.54 Å². The Bertz CT molecular complexity index is 798. The van der Waals surface area contributed by atoms with Crippen LogP contribution in [0.5, 0.6) is 0 Å². The van der Waals surface area contributed by atoms with Crippen LogP contribution in [0.1, 0.15) is 59.8 Å². The second-order valence-electron chi connectivity index (χ2n) is 9.31. The van der Waals surface area contributed by atoms with Crippen LogP contribution < -0.4 is 33.2 Å². The van der Waals surface area contributed by atoms with Gasteiger partial charge in [0.25, 0.3) is 0 Å². The zero-order valence-corrected chi connectivity index (χ0v) is 21.3. The highest BCUT2D eigenvalue weighted by atomic mass is 16.4. The maximum Gasteiger partial charge on any atom is 0.326 e. The van der Waals surface area contributed by atoms with E-state index in [0.29, 0.717) is 6.42 Å². The third kappa shape index (κ3) is 13.5. The highest BCUT2D eigenvalue weighted by Crippen LogP contribution is 2.09. The van der Waals surface area contributed by atoms with E-state index in [1.54, 1.807) is 13.8 Å². The molecule has 0 aliphatic heterocycles. The molecule has 0 bridgehead atoms. The molecule has 0 rings (SSSR count). The van der Waals surface area contributed by atoms with Crippen molar-refractivity contribution in [2.24, 2.45) is 34.0 Å². The van der Waals surface area contributed by atoms with Crippen molar-refractivity contribution in [2.45, 2.75) is 84.0 Å². The van der Waals surface area contributed by atoms with Crippen LogP contribution in [0.2, 0.25) is 0 Å². The van der Waals surface area contributed by atoms with Crippen LogP contribution in [0.4, 0.5) is 0 Å². The summed E-state index contributed by atoms with van der Waals surface area (Å²) in [4.78, 5) is 64.5. The predicted molar refractivity (Wildman–Crippen MR) is 132 cm³/mol. The summed E-state index contributed by atoms with van der Waals surface area (Å²) in [6, 6.07) is -4.49. The summed E-state index contributed by atoms with van der Waals surface area (Å²) in [6.07, 6.45) is -0.0896. The molecule has 0 aliphatic carbocycles. The Morgan fingerprint density at radius 3 is 1.89 bits per heavy atom. The number of nitrogens with zero attached hydrogens (tertiary/aromatic N) is 1. The van der Waals surface area contributed by atoms with Gasteiger partial charge >= 0.3 is 11.9 Å². The van der Waals surface area contributed by atoms with E-state index in [1.165, 1.54) is 0 Å². The smallest absolute Gasteiger partial charge is 0.326 e. The molecule has 0 aliphatic rings. The van der Waals surface area contributed by atoms with Gasteiger partial charge in [0.05, 0.1) is 6.04 Å². The molecule has 0 saturated carbocycles. The van der Waals surface area contributed by atoms with Crippen LogP contribution in [0.3, 0.4) is 0 Å². The van der Waals surface area contributed by atoms with Gasteiger partial charge in [0.2, 0.25) is 17.7 Å². The fourth-order valence-corrected chi connectivity index (χ4v) is 3.24. The number of carboxylic acid groups (broad SMARTS) is 2. The Labute approximate surface area is 210 Å². The van der Waals surface area contributed by atoms with Gasteiger partial charge < -0.3 is 43.4 Å². The molecule has 0 saturated heterocycles. The SMILES string of the molecule is CC(C)CC(N)C(=O)NC(C(=O)NC(CCCN=C(N)N)C(=O)NC(CCC(=O)O)C(=O)O)C(C)C. The number of rotatable bonds is 17. The van der Waals surface area contributed by atoms with Gasteiger partial charge in [-0.15, -0.1) is 0 Å². The molecular weight excluding hydrogens is 474 g/mol. The van der Waals surface area contributed by atoms with E-state index < -0.39 is 60.2 Å². The van der Waals surface area contributed by atoms with Crippen molar-refractivity contribution >= 4 is 35.6 Å². The van der Waals surface area contributed by atoms with Crippen LogP contribution in [0.25, 0.3) is 0 Å². The first-order valence-electron chi connectivity index (χ1n) is 11.8. The Kier molecular flexibility index (Phi) is 14.7. The minimum absolute atomic E-state index is 0.0469. The molecule has 0 aromatic rings. The zero-order chi connectivity index (χ0) is 28.0. The third-order valence-electron chi connectivity index (χ3n) is 5.15. The molecule has 11 N–H and O–H groups in total. The molecule has 14 nitrogen and oxygen atoms in total. The van der Waals surface area contributed by atoms with Gasteiger partial charge in [-0.2, -0.15) is 0 Å². The van der Waals surface area contributed by atoms with E-state index in [4.69, 9.17) is 22.3 Å². The average Bonchev–Trinajstić information content (AvgIpc) is 2.75. The minimum Gasteiger partial charge on any atom is -0.481 e. The number of aliphatic carboxylic acids is 2. The fraction of sp³-hybridized carbons (Fsp3) is 0.727. The topological polar surface area (TPSA) is 252 Å². The first kappa shape index (κ1) is 32.6. The van der Waals surface area contributed by atoms with Crippen molar-refractivity contribution in [1.29, 1.82) is 0 Å². The number of hydrogen-bond acceptors (Lipinski definition) is 7. The lowest BCUT2D eigenvalue weighted by Gasteiger charge is -2.27. The van der Waals surface area contributed by atoms with Gasteiger partial charge in [-0.05, 0) is 37.5 Å². The molecule has 0 spiro atoms. The Hall–Kier alpha value is -3.42. The van der Waals surface area contributed by atoms with Gasteiger partial charge in [-0.1, -0.05) is 27.7 Å². The van der Waals surface area contributed by atoms with E-state index in [2.05, 4.69) is 20.9 Å². The lowest BCUT2D eigenvalue weighted by Crippen LogP contribution is -2.58. The van der Waals surface area contributed by atoms with E-state index in [9.17, 15) is 29.1 Å². The van der Waals surface area contributed by atoms with Crippen LogP contribution in [0, 0.1) is 11.8 Å². The number of carbonyl (C=O) groups is 5. The Morgan fingerprint density at radius 2 is 1.42 bits per heavy atom. The first-order valence-corrected chi connectivity index (χ1v) is 11.8. The van der Waals surface area contributed by atoms with E-state index in [0.717, 1.165) is 0 Å². The maximum atomic E-state index is 13.0. The van der Waals surface area contributed by atoms with Gasteiger partial charge in [0, 0.05) is 13.0 Å². The summed E-state index contributed by atoms with van der Waals surface area (Å²) in [7, 11) is 0. The molecule has 0 heterocycles. The summed E-state index contributed by atoms with van der Waals surface area (Å²) in [5, 5.41) is 25.6. The molecule has 3 amide bonds. The van der Waals surface area contributed by atoms with Crippen molar-refractivity contribution < 1.29 is 34.2 Å². The molecule has 14 heteroatoms. The Balaban J connectivity index is 5.58. The molecule has 4 atom stereocenters. The van der Waals surface area contributed by atoms with Gasteiger partial charge in [-0.3, -0.25) is 24.2 Å². The summed E-state index contributed by atoms with van der Waals surface area (Å²) < 4.78 is 0. The number of nitrogens with two attached hydrogens (primary N) is 3. The lowest BCUT2D eigenvalue weighted by atomic mass is 9.99. The van der Waals surface area contributed by atoms with E-state index >= 15 is 0 Å². The van der Waals surface area contributed by atoms with Gasteiger partial charge in [0.15, 0.2) is 5.96 Å². The van der Waals surface area contributed by atoms with E-state index in [-0.39, 0.29) is 43.6 Å². The van der Waals surface area contributed by atoms with Crippen molar-refractivity contribution in [3.05, 3.63) is 0 Å². The molecule has 36 heavy (non-hydrogen) atoms. The molecule has 4 unspecified atom stereocenters. The predicted octanol–water partition coefficient (Wildman–Crippen LogP) is -1.53. The number of carbonyl (C=O) groups excluding carboxylic acids is 3. The van der Waals surface area contributed by atoms with Crippen molar-refractivity contribution in [3.8, 4) is 0 Å². The number of hydrogen-bond donors (Lipinski definition) is 8. The zero-order valence-electron chi connectivity index (χ0n) is 21.3. The maximum absolute atomic E-state index is 13.0. The van der Waals surface area contributed by atoms with Crippen molar-refractivity contribution in [3.63, 3.8) is 0 Å². The number of amides is 3. The second kappa shape index (κ2) is 16.3. The first-order chi connectivity index (χ1) is 16.6. The molecule has 0 fully saturated rings. The normalized spacial score (nSPS) is 14.3. The van der Waals surface area contributed by atoms with Gasteiger partial charge in [-0.25, -0.2) is 4.79 Å². The highest BCUT2D eigenvalue weighted by Gasteiger charge is 2.31. The number of nitrogens with one attached hydrogen (secondary N) is 3. The quantitative estimate of drug-likeness (QED) is 0.0630. The summed E-state index contributed by atoms with van der Waals surface area (Å²) in [6.45, 7) is 7.38. The van der Waals surface area contributed by atoms with E-state index in [1.807, 2.05) is 13.8 Å². The number of aliphatic imine (C=N–C) groups is 1. The lowest BCUT2D eigenvalue weighted by molar-refractivity contribution is -0.143. The highest BCUT2D eigenvalue weighted by molar-refractivity contribution is 5.94. The monoisotopic (exact) mass is 515 g/mol. The number of guanidine groups is 1. The van der Waals surface area contributed by atoms with Crippen LogP contribution >= 0.6 is 0 Å².